The minimum atomic E-state index is -0.244. The van der Waals surface area contributed by atoms with Gasteiger partial charge in [-0.15, -0.1) is 0 Å². The van der Waals surface area contributed by atoms with E-state index in [4.69, 9.17) is 9.47 Å². The second-order valence-electron chi connectivity index (χ2n) is 6.60. The number of hydrogen-bond donors (Lipinski definition) is 1. The maximum atomic E-state index is 12.6. The number of aromatic nitrogens is 3. The van der Waals surface area contributed by atoms with Gasteiger partial charge < -0.3 is 19.4 Å². The topological polar surface area (TPSA) is 95.3 Å². The van der Waals surface area contributed by atoms with Crippen molar-refractivity contribution in [2.24, 2.45) is 0 Å². The van der Waals surface area contributed by atoms with E-state index in [1.54, 1.807) is 41.2 Å². The number of amides is 1. The lowest BCUT2D eigenvalue weighted by molar-refractivity contribution is -0.116. The monoisotopic (exact) mass is 440 g/mol. The zero-order valence-electron chi connectivity index (χ0n) is 17.6. The van der Waals surface area contributed by atoms with Gasteiger partial charge in [0.25, 0.3) is 0 Å². The molecule has 0 aliphatic heterocycles. The van der Waals surface area contributed by atoms with Gasteiger partial charge in [0.15, 0.2) is 10.9 Å². The second-order valence-corrected chi connectivity index (χ2v) is 7.54. The summed E-state index contributed by atoms with van der Waals surface area (Å²) in [5.74, 6) is 1.12. The highest BCUT2D eigenvalue weighted by molar-refractivity contribution is 7.98. The molecule has 0 unspecified atom stereocenters. The number of thioether (sulfide) groups is 1. The average molecular weight is 441 g/mol. The van der Waals surface area contributed by atoms with Gasteiger partial charge in [0.1, 0.15) is 12.3 Å². The van der Waals surface area contributed by atoms with E-state index in [1.807, 2.05) is 19.9 Å². The zero-order chi connectivity index (χ0) is 22.2. The number of hydrogen-bond acceptors (Lipinski definition) is 7. The number of nitrogens with zero attached hydrogens (tertiary/aromatic N) is 3. The molecule has 8 nitrogen and oxygen atoms in total. The summed E-state index contributed by atoms with van der Waals surface area (Å²) in [6.07, 6.45) is 3.24. The van der Waals surface area contributed by atoms with Gasteiger partial charge in [0.2, 0.25) is 11.3 Å². The lowest BCUT2D eigenvalue weighted by Crippen LogP contribution is -2.22. The minimum Gasteiger partial charge on any atom is -0.494 e. The summed E-state index contributed by atoms with van der Waals surface area (Å²) in [5, 5.41) is 3.46. The summed E-state index contributed by atoms with van der Waals surface area (Å²) >= 11 is 1.39. The first kappa shape index (κ1) is 22.4. The Hall–Kier alpha value is -3.33. The molecule has 0 radical (unpaired) electrons. The third-order valence-electron chi connectivity index (χ3n) is 4.29. The van der Waals surface area contributed by atoms with Gasteiger partial charge in [-0.05, 0) is 44.2 Å². The number of pyridine rings is 1. The smallest absolute Gasteiger partial charge is 0.244 e. The fourth-order valence-corrected chi connectivity index (χ4v) is 3.68. The van der Waals surface area contributed by atoms with E-state index in [2.05, 4.69) is 15.3 Å². The molecule has 3 rings (SSSR count). The molecule has 2 heterocycles. The summed E-state index contributed by atoms with van der Waals surface area (Å²) in [4.78, 5) is 33.5. The van der Waals surface area contributed by atoms with Gasteiger partial charge in [0, 0.05) is 35.1 Å². The van der Waals surface area contributed by atoms with Gasteiger partial charge in [-0.2, -0.15) is 0 Å². The Kier molecular flexibility index (Phi) is 7.66. The van der Waals surface area contributed by atoms with Crippen molar-refractivity contribution < 1.29 is 14.3 Å². The number of carbonyl (C=O) groups is 1. The van der Waals surface area contributed by atoms with Crippen molar-refractivity contribution in [2.75, 3.05) is 19.0 Å². The number of carbonyl (C=O) groups excluding carboxylic acids is 1. The molecule has 0 aliphatic rings. The Bertz CT molecular complexity index is 1100. The molecule has 162 valence electrons. The van der Waals surface area contributed by atoms with Crippen LogP contribution >= 0.6 is 11.8 Å². The highest BCUT2D eigenvalue weighted by Gasteiger charge is 2.12. The Morgan fingerprint density at radius 2 is 2.00 bits per heavy atom. The first-order valence-corrected chi connectivity index (χ1v) is 10.7. The minimum absolute atomic E-state index is 0.0222. The Morgan fingerprint density at radius 3 is 2.68 bits per heavy atom. The number of nitrogens with one attached hydrogen (secondary N) is 1. The van der Waals surface area contributed by atoms with Crippen LogP contribution in [0.2, 0.25) is 0 Å². The van der Waals surface area contributed by atoms with Crippen LogP contribution in [0.5, 0.6) is 11.5 Å². The fraction of sp³-hybridized carbons (Fsp3) is 0.273. The lowest BCUT2D eigenvalue weighted by atomic mass is 10.3. The number of benzene rings is 1. The summed E-state index contributed by atoms with van der Waals surface area (Å²) in [6.45, 7) is 4.40. The van der Waals surface area contributed by atoms with Crippen LogP contribution in [0.15, 0.2) is 58.7 Å². The van der Waals surface area contributed by atoms with Gasteiger partial charge in [-0.3, -0.25) is 9.59 Å². The number of anilines is 1. The molecule has 3 aromatic rings. The van der Waals surface area contributed by atoms with Crippen LogP contribution in [0.25, 0.3) is 0 Å². The number of methoxy groups -OCH3 is 1. The molecular weight excluding hydrogens is 416 g/mol. The summed E-state index contributed by atoms with van der Waals surface area (Å²) < 4.78 is 12.3. The molecule has 31 heavy (non-hydrogen) atoms. The van der Waals surface area contributed by atoms with Crippen LogP contribution in [0.1, 0.15) is 18.3 Å². The van der Waals surface area contributed by atoms with Crippen molar-refractivity contribution in [1.29, 1.82) is 0 Å². The number of rotatable bonds is 9. The van der Waals surface area contributed by atoms with Crippen molar-refractivity contribution in [3.05, 3.63) is 70.4 Å². The van der Waals surface area contributed by atoms with Gasteiger partial charge in [-0.1, -0.05) is 11.8 Å². The predicted molar refractivity (Wildman–Crippen MR) is 120 cm³/mol. The molecule has 9 heteroatoms. The maximum Gasteiger partial charge on any atom is 0.244 e. The molecule has 0 aliphatic carbocycles. The lowest BCUT2D eigenvalue weighted by Gasteiger charge is -2.15. The fourth-order valence-electron chi connectivity index (χ4n) is 2.81. The van der Waals surface area contributed by atoms with E-state index in [1.165, 1.54) is 24.9 Å². The third kappa shape index (κ3) is 6.32. The van der Waals surface area contributed by atoms with Crippen LogP contribution in [-0.4, -0.2) is 34.2 Å². The van der Waals surface area contributed by atoms with E-state index >= 15 is 0 Å². The standard InChI is InChI=1S/C22H24N4O4S/c1-4-30-18-7-5-16(6-8-18)25-21(28)13-26-12-20(29-3)19(27)11-17(26)14-31-22-23-10-9-15(2)24-22/h5-12H,4,13-14H2,1-3H3,(H,25,28). The molecule has 1 amide bonds. The van der Waals surface area contributed by atoms with Gasteiger partial charge >= 0.3 is 0 Å². The predicted octanol–water partition coefficient (Wildman–Crippen LogP) is 3.29. The third-order valence-corrected chi connectivity index (χ3v) is 5.18. The summed E-state index contributed by atoms with van der Waals surface area (Å²) in [5.41, 5.74) is 1.94. The van der Waals surface area contributed by atoms with Crippen LogP contribution in [0.4, 0.5) is 5.69 Å². The van der Waals surface area contributed by atoms with Crippen molar-refractivity contribution in [3.8, 4) is 11.5 Å². The molecule has 1 N–H and O–H groups in total. The molecule has 1 aromatic carbocycles. The van der Waals surface area contributed by atoms with Gasteiger partial charge in [0.05, 0.1) is 19.9 Å². The number of aryl methyl sites for hydroxylation is 1. The molecule has 0 saturated carbocycles. The SMILES string of the molecule is CCOc1ccc(NC(=O)Cn2cc(OC)c(=O)cc2CSc2nccc(C)n2)cc1. The maximum absolute atomic E-state index is 12.6. The van der Waals surface area contributed by atoms with Crippen LogP contribution < -0.4 is 20.2 Å². The zero-order valence-corrected chi connectivity index (χ0v) is 18.4. The van der Waals surface area contributed by atoms with Crippen molar-refractivity contribution in [2.45, 2.75) is 31.3 Å². The first-order chi connectivity index (χ1) is 15.0. The highest BCUT2D eigenvalue weighted by atomic mass is 32.2. The molecule has 2 aromatic heterocycles. The largest absolute Gasteiger partial charge is 0.494 e. The quantitative estimate of drug-likeness (QED) is 0.403. The second kappa shape index (κ2) is 10.6. The van der Waals surface area contributed by atoms with E-state index < -0.39 is 0 Å². The molecule has 0 saturated heterocycles. The van der Waals surface area contributed by atoms with E-state index in [-0.39, 0.29) is 23.6 Å². The molecule has 0 spiro atoms. The Morgan fingerprint density at radius 1 is 1.23 bits per heavy atom. The van der Waals surface area contributed by atoms with Crippen LogP contribution in [0.3, 0.4) is 0 Å². The van der Waals surface area contributed by atoms with Gasteiger partial charge in [-0.25, -0.2) is 9.97 Å². The highest BCUT2D eigenvalue weighted by Crippen LogP contribution is 2.20. The number of ether oxygens (including phenoxy) is 2. The molecule has 0 atom stereocenters. The molecule has 0 fully saturated rings. The van der Waals surface area contributed by atoms with Crippen LogP contribution in [0, 0.1) is 6.92 Å². The normalized spacial score (nSPS) is 10.5. The van der Waals surface area contributed by atoms with E-state index in [0.717, 1.165) is 11.4 Å². The van der Waals surface area contributed by atoms with Crippen molar-refractivity contribution in [1.82, 2.24) is 14.5 Å². The van der Waals surface area contributed by atoms with E-state index in [9.17, 15) is 9.59 Å². The van der Waals surface area contributed by atoms with Crippen molar-refractivity contribution in [3.63, 3.8) is 0 Å². The Balaban J connectivity index is 1.74. The molecular formula is C22H24N4O4S. The van der Waals surface area contributed by atoms with E-state index in [0.29, 0.717) is 28.9 Å². The van der Waals surface area contributed by atoms with Crippen molar-refractivity contribution >= 4 is 23.4 Å². The summed E-state index contributed by atoms with van der Waals surface area (Å²) in [6, 6.07) is 10.4. The average Bonchev–Trinajstić information content (AvgIpc) is 2.75. The molecule has 0 bridgehead atoms. The van der Waals surface area contributed by atoms with Crippen LogP contribution in [-0.2, 0) is 17.1 Å². The first-order valence-electron chi connectivity index (χ1n) is 9.71. The summed E-state index contributed by atoms with van der Waals surface area (Å²) in [7, 11) is 1.43. The Labute approximate surface area is 184 Å².